The summed E-state index contributed by atoms with van der Waals surface area (Å²) in [5.41, 5.74) is -2.82. The summed E-state index contributed by atoms with van der Waals surface area (Å²) in [7, 11) is -3.28. The molecule has 1 fully saturated rings. The van der Waals surface area contributed by atoms with E-state index in [0.717, 1.165) is 17.7 Å². The second kappa shape index (κ2) is 12.7. The van der Waals surface area contributed by atoms with Gasteiger partial charge in [-0.25, -0.2) is 14.2 Å². The molecule has 16 heteroatoms. The van der Waals surface area contributed by atoms with E-state index in [4.69, 9.17) is 18.5 Å². The van der Waals surface area contributed by atoms with Gasteiger partial charge < -0.3 is 23.8 Å². The van der Waals surface area contributed by atoms with Crippen LogP contribution in [0.25, 0.3) is 0 Å². The van der Waals surface area contributed by atoms with Gasteiger partial charge in [0, 0.05) is 12.3 Å². The molecule has 218 valence electrons. The number of ether oxygens (including phenoxy) is 3. The van der Waals surface area contributed by atoms with E-state index in [9.17, 15) is 28.8 Å². The number of carbonyl (C=O) groups is 2. The number of aromatic amines is 1. The number of esters is 2. The molecule has 0 amide bonds. The molecule has 1 aromatic carbocycles. The lowest BCUT2D eigenvalue weighted by molar-refractivity contribution is -0.142. The van der Waals surface area contributed by atoms with Crippen LogP contribution in [-0.4, -0.2) is 77.4 Å². The summed E-state index contributed by atoms with van der Waals surface area (Å²) >= 11 is 0. The highest BCUT2D eigenvalue weighted by Crippen LogP contribution is 2.47. The van der Waals surface area contributed by atoms with Crippen LogP contribution in [0.5, 0.6) is 5.75 Å². The van der Waals surface area contributed by atoms with Gasteiger partial charge in [-0.15, -0.1) is 0 Å². The monoisotopic (exact) mass is 582 g/mol. The first-order chi connectivity index (χ1) is 18.9. The van der Waals surface area contributed by atoms with Gasteiger partial charge in [-0.1, -0.05) is 6.07 Å². The first-order valence-electron chi connectivity index (χ1n) is 12.1. The molecule has 15 nitrogen and oxygen atoms in total. The Balaban J connectivity index is 1.88. The Bertz CT molecular complexity index is 1410. The van der Waals surface area contributed by atoms with Gasteiger partial charge in [0.2, 0.25) is 0 Å². The number of methoxy groups -OCH3 is 1. The number of H-pyrrole nitrogens is 1. The van der Waals surface area contributed by atoms with Crippen molar-refractivity contribution < 1.29 is 42.5 Å². The number of rotatable bonds is 12. The number of hydrogen-bond acceptors (Lipinski definition) is 12. The number of nitrogens with one attached hydrogen (secondary N) is 2. The zero-order valence-corrected chi connectivity index (χ0v) is 23.2. The van der Waals surface area contributed by atoms with Crippen molar-refractivity contribution in [2.24, 2.45) is 4.99 Å². The van der Waals surface area contributed by atoms with Gasteiger partial charge in [0.1, 0.15) is 29.5 Å². The highest BCUT2D eigenvalue weighted by Gasteiger charge is 2.54. The molecule has 1 unspecified atom stereocenters. The summed E-state index contributed by atoms with van der Waals surface area (Å²) in [6.45, 7) is 7.53. The van der Waals surface area contributed by atoms with Gasteiger partial charge >= 0.3 is 25.4 Å². The molecule has 0 spiro atoms. The number of aliphatic imine (C=N–C) groups is 1. The second-order valence-corrected chi connectivity index (χ2v) is 10.6. The van der Waals surface area contributed by atoms with Gasteiger partial charge in [0.05, 0.1) is 25.9 Å². The molecule has 0 radical (unpaired) electrons. The number of aliphatic hydroxyl groups excluding tert-OH is 1. The Labute approximate surface area is 228 Å². The molecule has 2 aromatic rings. The molecular formula is C24H31N4O11P. The molecule has 3 N–H and O–H groups in total. The van der Waals surface area contributed by atoms with Crippen molar-refractivity contribution in [3.63, 3.8) is 0 Å². The van der Waals surface area contributed by atoms with Gasteiger partial charge in [-0.2, -0.15) is 5.09 Å². The largest absolute Gasteiger partial charge is 0.468 e. The van der Waals surface area contributed by atoms with E-state index in [1.54, 1.807) is 6.92 Å². The molecule has 1 aliphatic heterocycles. The fourth-order valence-corrected chi connectivity index (χ4v) is 5.42. The fourth-order valence-electron chi connectivity index (χ4n) is 3.92. The summed E-state index contributed by atoms with van der Waals surface area (Å²) in [6.07, 6.45) is -2.69. The lowest BCUT2D eigenvalue weighted by atomic mass is 9.93. The number of carbonyl (C=O) groups excluding carboxylic acids is 2. The highest BCUT2D eigenvalue weighted by molar-refractivity contribution is 7.52. The van der Waals surface area contributed by atoms with Crippen molar-refractivity contribution in [1.82, 2.24) is 14.6 Å². The number of aromatic nitrogens is 2. The first-order valence-corrected chi connectivity index (χ1v) is 13.6. The Hall–Kier alpha value is -3.62. The third kappa shape index (κ3) is 6.74. The van der Waals surface area contributed by atoms with E-state index in [1.165, 1.54) is 44.3 Å². The normalized spacial score (nSPS) is 24.5. The smallest absolute Gasteiger partial charge is 0.459 e. The third-order valence-corrected chi connectivity index (χ3v) is 7.73. The van der Waals surface area contributed by atoms with E-state index >= 15 is 0 Å². The maximum atomic E-state index is 13.8. The van der Waals surface area contributed by atoms with Gasteiger partial charge in [-0.05, 0) is 45.7 Å². The van der Waals surface area contributed by atoms with Crippen LogP contribution in [0.15, 0.2) is 51.1 Å². The lowest BCUT2D eigenvalue weighted by Crippen LogP contribution is -2.45. The maximum absolute atomic E-state index is 13.8. The summed E-state index contributed by atoms with van der Waals surface area (Å²) in [5, 5.41) is 13.5. The topological polar surface area (TPSA) is 197 Å². The molecule has 1 saturated heterocycles. The van der Waals surface area contributed by atoms with Crippen LogP contribution in [0.3, 0.4) is 0 Å². The summed E-state index contributed by atoms with van der Waals surface area (Å²) in [4.78, 5) is 54.1. The standard InChI is InChI=1S/C24H31N4O11P/c1-6-36-21(32)15-8-7-9-16(12-15)39-40(34,27-14(2)20(31)35-5)37-13-17-19(30)24(3,25-4)22(38-17)28-11-10-18(29)26-23(28)33/h7-12,14,17,19,22,30H,4,6,13H2,1-3,5H3,(H,27,34)(H,26,29,33)/t14-,17+,19+,22+,24+,40?/m0/s1. The van der Waals surface area contributed by atoms with Crippen LogP contribution >= 0.6 is 7.75 Å². The van der Waals surface area contributed by atoms with Crippen LogP contribution in [0.4, 0.5) is 0 Å². The molecule has 2 heterocycles. The Morgan fingerprint density at radius 2 is 2.08 bits per heavy atom. The summed E-state index contributed by atoms with van der Waals surface area (Å²) < 4.78 is 41.5. The van der Waals surface area contributed by atoms with Crippen molar-refractivity contribution in [1.29, 1.82) is 0 Å². The minimum Gasteiger partial charge on any atom is -0.468 e. The number of benzene rings is 1. The van der Waals surface area contributed by atoms with Crippen LogP contribution < -0.4 is 20.9 Å². The van der Waals surface area contributed by atoms with Crippen LogP contribution in [-0.2, 0) is 28.1 Å². The molecular weight excluding hydrogens is 551 g/mol. The van der Waals surface area contributed by atoms with Crippen LogP contribution in [0.1, 0.15) is 37.4 Å². The van der Waals surface area contributed by atoms with Crippen molar-refractivity contribution in [3.8, 4) is 5.75 Å². The van der Waals surface area contributed by atoms with Crippen LogP contribution in [0.2, 0.25) is 0 Å². The lowest BCUT2D eigenvalue weighted by Gasteiger charge is -2.28. The Morgan fingerprint density at radius 3 is 2.70 bits per heavy atom. The fraction of sp³-hybridized carbons (Fsp3) is 0.458. The molecule has 0 aliphatic carbocycles. The second-order valence-electron chi connectivity index (χ2n) is 8.88. The SMILES string of the molecule is C=N[C@]1(C)[C@H](O)[C@@H](COP(=O)(N[C@@H](C)C(=O)OC)Oc2cccc(C(=O)OCC)c2)O[C@H]1n1ccc(=O)[nH]c1=O. The first kappa shape index (κ1) is 30.9. The van der Waals surface area contributed by atoms with Crippen molar-refractivity contribution in [2.75, 3.05) is 20.3 Å². The number of hydrogen-bond donors (Lipinski definition) is 3. The summed E-state index contributed by atoms with van der Waals surface area (Å²) in [6, 6.07) is 5.54. The summed E-state index contributed by atoms with van der Waals surface area (Å²) in [5.74, 6) is -1.46. The average Bonchev–Trinajstić information content (AvgIpc) is 3.17. The van der Waals surface area contributed by atoms with Gasteiger partial charge in [0.15, 0.2) is 6.23 Å². The van der Waals surface area contributed by atoms with Crippen LogP contribution in [0, 0.1) is 0 Å². The molecule has 40 heavy (non-hydrogen) atoms. The van der Waals surface area contributed by atoms with Crippen molar-refractivity contribution in [3.05, 3.63) is 62.9 Å². The van der Waals surface area contributed by atoms with E-state index in [-0.39, 0.29) is 17.9 Å². The zero-order chi connectivity index (χ0) is 29.7. The zero-order valence-electron chi connectivity index (χ0n) is 22.3. The minimum atomic E-state index is -4.42. The van der Waals surface area contributed by atoms with Crippen molar-refractivity contribution >= 4 is 26.4 Å². The Morgan fingerprint density at radius 1 is 1.35 bits per heavy atom. The van der Waals surface area contributed by atoms with E-state index in [2.05, 4.69) is 26.5 Å². The third-order valence-electron chi connectivity index (χ3n) is 6.09. The highest BCUT2D eigenvalue weighted by atomic mass is 31.2. The average molecular weight is 583 g/mol. The van der Waals surface area contributed by atoms with E-state index in [1.807, 2.05) is 0 Å². The van der Waals surface area contributed by atoms with Crippen molar-refractivity contribution in [2.45, 2.75) is 50.8 Å². The van der Waals surface area contributed by atoms with E-state index < -0.39 is 67.6 Å². The predicted octanol–water partition coefficient (Wildman–Crippen LogP) is 0.786. The molecule has 0 bridgehead atoms. The van der Waals surface area contributed by atoms with E-state index in [0.29, 0.717) is 0 Å². The predicted molar refractivity (Wildman–Crippen MR) is 140 cm³/mol. The quantitative estimate of drug-likeness (QED) is 0.181. The van der Waals surface area contributed by atoms with Gasteiger partial charge in [0.25, 0.3) is 5.56 Å². The van der Waals surface area contributed by atoms with Gasteiger partial charge in [-0.3, -0.25) is 28.7 Å². The molecule has 1 aromatic heterocycles. The molecule has 6 atom stereocenters. The molecule has 1 aliphatic rings. The maximum Gasteiger partial charge on any atom is 0.459 e. The number of nitrogens with zero attached hydrogens (tertiary/aromatic N) is 2. The molecule has 0 saturated carbocycles. The number of aliphatic hydroxyl groups is 1. The Kier molecular flexibility index (Phi) is 9.82. The molecule has 3 rings (SSSR count). The minimum absolute atomic E-state index is 0.0541.